The molecule has 0 saturated heterocycles. The van der Waals surface area contributed by atoms with Crippen molar-refractivity contribution in [2.24, 2.45) is 5.92 Å². The first-order valence-corrected chi connectivity index (χ1v) is 6.99. The molecule has 1 aliphatic carbocycles. The molecule has 18 heavy (non-hydrogen) atoms. The van der Waals surface area contributed by atoms with Gasteiger partial charge in [-0.1, -0.05) is 13.8 Å². The fourth-order valence-corrected chi connectivity index (χ4v) is 2.19. The molecule has 0 aromatic carbocycles. The van der Waals surface area contributed by atoms with Crippen LogP contribution in [0.1, 0.15) is 39.2 Å². The highest BCUT2D eigenvalue weighted by molar-refractivity contribution is 5.41. The van der Waals surface area contributed by atoms with E-state index < -0.39 is 0 Å². The maximum Gasteiger partial charge on any atom is 0.128 e. The first-order valence-electron chi connectivity index (χ1n) is 6.99. The maximum atomic E-state index is 4.50. The monoisotopic (exact) mass is 247 g/mol. The highest BCUT2D eigenvalue weighted by atomic mass is 15.2. The molecule has 0 radical (unpaired) electrons. The van der Waals surface area contributed by atoms with Gasteiger partial charge in [-0.2, -0.15) is 0 Å². The maximum absolute atomic E-state index is 4.50. The molecule has 3 nitrogen and oxygen atoms in total. The predicted octanol–water partition coefficient (Wildman–Crippen LogP) is 2.81. The van der Waals surface area contributed by atoms with E-state index in [1.54, 1.807) is 0 Å². The summed E-state index contributed by atoms with van der Waals surface area (Å²) in [6.45, 7) is 7.56. The molecule has 2 rings (SSSR count). The van der Waals surface area contributed by atoms with Crippen molar-refractivity contribution >= 4 is 5.82 Å². The van der Waals surface area contributed by atoms with E-state index in [1.165, 1.54) is 18.4 Å². The summed E-state index contributed by atoms with van der Waals surface area (Å²) < 4.78 is 0. The van der Waals surface area contributed by atoms with Gasteiger partial charge >= 0.3 is 0 Å². The molecule has 1 aromatic rings. The Morgan fingerprint density at radius 2 is 2.11 bits per heavy atom. The third-order valence-electron chi connectivity index (χ3n) is 3.80. The third-order valence-corrected chi connectivity index (χ3v) is 3.80. The zero-order valence-electron chi connectivity index (χ0n) is 12.0. The number of nitrogens with zero attached hydrogens (tertiary/aromatic N) is 2. The van der Waals surface area contributed by atoms with Crippen molar-refractivity contribution in [3.05, 3.63) is 23.9 Å². The molecule has 1 N–H and O–H groups in total. The van der Waals surface area contributed by atoms with Gasteiger partial charge in [-0.15, -0.1) is 0 Å². The molecular formula is C15H25N3. The largest absolute Gasteiger partial charge is 0.357 e. The number of hydrogen-bond donors (Lipinski definition) is 1. The van der Waals surface area contributed by atoms with Gasteiger partial charge in [0.05, 0.1) is 0 Å². The van der Waals surface area contributed by atoms with E-state index in [0.29, 0.717) is 12.1 Å². The molecule has 1 aliphatic rings. The lowest BCUT2D eigenvalue weighted by Crippen LogP contribution is -2.31. The zero-order chi connectivity index (χ0) is 13.1. The normalized spacial score (nSPS) is 16.9. The van der Waals surface area contributed by atoms with Crippen molar-refractivity contribution < 1.29 is 0 Å². The topological polar surface area (TPSA) is 28.2 Å². The average molecular weight is 247 g/mol. The molecule has 1 saturated carbocycles. The number of hydrogen-bond acceptors (Lipinski definition) is 3. The van der Waals surface area contributed by atoms with Crippen LogP contribution >= 0.6 is 0 Å². The van der Waals surface area contributed by atoms with Gasteiger partial charge in [0.15, 0.2) is 0 Å². The molecule has 0 aliphatic heterocycles. The van der Waals surface area contributed by atoms with Crippen LogP contribution in [0.2, 0.25) is 0 Å². The van der Waals surface area contributed by atoms with Gasteiger partial charge in [0.25, 0.3) is 0 Å². The third kappa shape index (κ3) is 3.45. The summed E-state index contributed by atoms with van der Waals surface area (Å²) in [6, 6.07) is 5.42. The molecule has 1 heterocycles. The molecular weight excluding hydrogens is 222 g/mol. The quantitative estimate of drug-likeness (QED) is 0.838. The van der Waals surface area contributed by atoms with Crippen molar-refractivity contribution in [1.82, 2.24) is 10.3 Å². The van der Waals surface area contributed by atoms with E-state index >= 15 is 0 Å². The highest BCUT2D eigenvalue weighted by Gasteiger charge is 2.30. The first kappa shape index (κ1) is 13.3. The van der Waals surface area contributed by atoms with Crippen molar-refractivity contribution in [2.45, 2.75) is 52.2 Å². The Morgan fingerprint density at radius 1 is 1.39 bits per heavy atom. The second-order valence-corrected chi connectivity index (χ2v) is 5.75. The second kappa shape index (κ2) is 5.70. The minimum absolute atomic E-state index is 0.518. The molecule has 1 unspecified atom stereocenters. The Labute approximate surface area is 111 Å². The van der Waals surface area contributed by atoms with Crippen LogP contribution in [0.25, 0.3) is 0 Å². The molecule has 100 valence electrons. The van der Waals surface area contributed by atoms with Crippen molar-refractivity contribution in [2.75, 3.05) is 11.9 Å². The standard InChI is InChI=1S/C15H25N3/c1-11(2)17-10-13-7-8-16-15(9-13)18(4)12(3)14-5-6-14/h7-9,11-12,14,17H,5-6,10H2,1-4H3. The van der Waals surface area contributed by atoms with Gasteiger partial charge in [0.2, 0.25) is 0 Å². The van der Waals surface area contributed by atoms with Gasteiger partial charge in [0.1, 0.15) is 5.82 Å². The Hall–Kier alpha value is -1.09. The Bertz CT molecular complexity index is 385. The number of aromatic nitrogens is 1. The van der Waals surface area contributed by atoms with E-state index in [9.17, 15) is 0 Å². The summed E-state index contributed by atoms with van der Waals surface area (Å²) in [5, 5.41) is 3.45. The van der Waals surface area contributed by atoms with E-state index in [-0.39, 0.29) is 0 Å². The second-order valence-electron chi connectivity index (χ2n) is 5.75. The first-order chi connectivity index (χ1) is 8.58. The smallest absolute Gasteiger partial charge is 0.128 e. The molecule has 1 fully saturated rings. The van der Waals surface area contributed by atoms with Gasteiger partial charge < -0.3 is 10.2 Å². The van der Waals surface area contributed by atoms with E-state index in [4.69, 9.17) is 0 Å². The summed E-state index contributed by atoms with van der Waals surface area (Å²) in [5.41, 5.74) is 1.31. The summed E-state index contributed by atoms with van der Waals surface area (Å²) in [6.07, 6.45) is 4.67. The number of nitrogens with one attached hydrogen (secondary N) is 1. The molecule has 3 heteroatoms. The Kier molecular flexibility index (Phi) is 4.23. The number of anilines is 1. The molecule has 0 amide bonds. The molecule has 0 spiro atoms. The summed E-state index contributed by atoms with van der Waals surface area (Å²) >= 11 is 0. The Morgan fingerprint density at radius 3 is 2.72 bits per heavy atom. The molecule has 1 atom stereocenters. The van der Waals surface area contributed by atoms with E-state index in [2.05, 4.69) is 55.2 Å². The van der Waals surface area contributed by atoms with Crippen LogP contribution in [0.5, 0.6) is 0 Å². The van der Waals surface area contributed by atoms with Gasteiger partial charge in [-0.3, -0.25) is 0 Å². The minimum atomic E-state index is 0.518. The fraction of sp³-hybridized carbons (Fsp3) is 0.667. The lowest BCUT2D eigenvalue weighted by atomic mass is 10.2. The zero-order valence-corrected chi connectivity index (χ0v) is 12.0. The van der Waals surface area contributed by atoms with Crippen LogP contribution in [0.4, 0.5) is 5.82 Å². The average Bonchev–Trinajstić information content (AvgIpc) is 3.19. The van der Waals surface area contributed by atoms with Gasteiger partial charge in [-0.05, 0) is 43.4 Å². The van der Waals surface area contributed by atoms with Crippen LogP contribution in [-0.4, -0.2) is 24.1 Å². The minimum Gasteiger partial charge on any atom is -0.357 e. The summed E-state index contributed by atoms with van der Waals surface area (Å²) in [4.78, 5) is 6.81. The molecule has 1 aromatic heterocycles. The van der Waals surface area contributed by atoms with Gasteiger partial charge in [-0.25, -0.2) is 4.98 Å². The number of pyridine rings is 1. The highest BCUT2D eigenvalue weighted by Crippen LogP contribution is 2.35. The lowest BCUT2D eigenvalue weighted by molar-refractivity contribution is 0.585. The SMILES string of the molecule is CC(C)NCc1ccnc(N(C)C(C)C2CC2)c1. The van der Waals surface area contributed by atoms with Crippen LogP contribution in [0.3, 0.4) is 0 Å². The van der Waals surface area contributed by atoms with Crippen molar-refractivity contribution in [3.63, 3.8) is 0 Å². The van der Waals surface area contributed by atoms with Crippen LogP contribution in [0, 0.1) is 5.92 Å². The van der Waals surface area contributed by atoms with Crippen LogP contribution < -0.4 is 10.2 Å². The van der Waals surface area contributed by atoms with Crippen LogP contribution in [0.15, 0.2) is 18.3 Å². The van der Waals surface area contributed by atoms with Gasteiger partial charge in [0, 0.05) is 31.9 Å². The summed E-state index contributed by atoms with van der Waals surface area (Å²) in [5.74, 6) is 1.96. The van der Waals surface area contributed by atoms with E-state index in [1.807, 2.05) is 6.20 Å². The fourth-order valence-electron chi connectivity index (χ4n) is 2.19. The summed E-state index contributed by atoms with van der Waals surface area (Å²) in [7, 11) is 2.16. The predicted molar refractivity (Wildman–Crippen MR) is 76.8 cm³/mol. The van der Waals surface area contributed by atoms with Crippen molar-refractivity contribution in [3.8, 4) is 0 Å². The van der Waals surface area contributed by atoms with Crippen molar-refractivity contribution in [1.29, 1.82) is 0 Å². The van der Waals surface area contributed by atoms with E-state index in [0.717, 1.165) is 18.3 Å². The Balaban J connectivity index is 2.01. The lowest BCUT2D eigenvalue weighted by Gasteiger charge is -2.26. The van der Waals surface area contributed by atoms with Crippen LogP contribution in [-0.2, 0) is 6.54 Å². The molecule has 0 bridgehead atoms. The number of rotatable bonds is 6.